The topological polar surface area (TPSA) is 54.2 Å². The van der Waals surface area contributed by atoms with Gasteiger partial charge in [-0.3, -0.25) is 4.90 Å². The van der Waals surface area contributed by atoms with Crippen LogP contribution in [0.4, 0.5) is 8.78 Å². The normalized spacial score (nSPS) is 13.4. The third-order valence-electron chi connectivity index (χ3n) is 4.44. The van der Waals surface area contributed by atoms with Gasteiger partial charge in [-0.15, -0.1) is 6.58 Å². The van der Waals surface area contributed by atoms with E-state index in [0.717, 1.165) is 17.7 Å². The third-order valence-corrected chi connectivity index (χ3v) is 4.44. The molecule has 0 unspecified atom stereocenters. The van der Waals surface area contributed by atoms with Crippen LogP contribution in [0.1, 0.15) is 11.1 Å². The molecule has 3 rings (SSSR count). The van der Waals surface area contributed by atoms with E-state index in [9.17, 15) is 13.9 Å². The standard InChI is InChI=1S/C21H22F2N4O/c1-2-10-26(12-17-6-4-3-5-7-17)13-21(28,14-27-16-24-15-25-27)19-9-8-18(22)11-20(19)23/h2-9,11,15-16,28H,1,10,12-14H2/t21-/m1/s1. The Hall–Kier alpha value is -2.90. The number of hydrogen-bond donors (Lipinski definition) is 1. The Morgan fingerprint density at radius 1 is 1.18 bits per heavy atom. The van der Waals surface area contributed by atoms with Gasteiger partial charge in [0.25, 0.3) is 0 Å². The minimum absolute atomic E-state index is 0.00604. The molecule has 7 heteroatoms. The van der Waals surface area contributed by atoms with Gasteiger partial charge in [0.2, 0.25) is 0 Å². The first kappa shape index (κ1) is 19.9. The van der Waals surface area contributed by atoms with E-state index in [1.807, 2.05) is 35.2 Å². The second-order valence-electron chi connectivity index (χ2n) is 6.69. The fourth-order valence-corrected chi connectivity index (χ4v) is 3.25. The second-order valence-corrected chi connectivity index (χ2v) is 6.69. The summed E-state index contributed by atoms with van der Waals surface area (Å²) in [5, 5.41) is 15.5. The average Bonchev–Trinajstić information content (AvgIpc) is 3.15. The number of rotatable bonds is 9. The molecule has 2 aromatic carbocycles. The number of hydrogen-bond acceptors (Lipinski definition) is 4. The van der Waals surface area contributed by atoms with Crippen molar-refractivity contribution in [1.82, 2.24) is 19.7 Å². The van der Waals surface area contributed by atoms with Crippen molar-refractivity contribution >= 4 is 0 Å². The van der Waals surface area contributed by atoms with Gasteiger partial charge in [0.15, 0.2) is 0 Å². The maximum Gasteiger partial charge on any atom is 0.137 e. The van der Waals surface area contributed by atoms with E-state index in [0.29, 0.717) is 13.1 Å². The van der Waals surface area contributed by atoms with Gasteiger partial charge >= 0.3 is 0 Å². The number of nitrogens with zero attached hydrogens (tertiary/aromatic N) is 4. The lowest BCUT2D eigenvalue weighted by Crippen LogP contribution is -2.44. The van der Waals surface area contributed by atoms with Crippen LogP contribution in [0.25, 0.3) is 0 Å². The van der Waals surface area contributed by atoms with Crippen LogP contribution in [-0.2, 0) is 18.7 Å². The molecule has 0 spiro atoms. The van der Waals surface area contributed by atoms with E-state index >= 15 is 0 Å². The SMILES string of the molecule is C=CCN(Cc1ccccc1)C[C@@](O)(Cn1cncn1)c1ccc(F)cc1F. The molecule has 1 heterocycles. The zero-order valence-electron chi connectivity index (χ0n) is 15.4. The van der Waals surface area contributed by atoms with Crippen LogP contribution in [0.2, 0.25) is 0 Å². The van der Waals surface area contributed by atoms with E-state index in [-0.39, 0.29) is 18.7 Å². The lowest BCUT2D eigenvalue weighted by atomic mass is 9.92. The molecule has 28 heavy (non-hydrogen) atoms. The van der Waals surface area contributed by atoms with Crippen LogP contribution < -0.4 is 0 Å². The summed E-state index contributed by atoms with van der Waals surface area (Å²) in [7, 11) is 0. The van der Waals surface area contributed by atoms with Gasteiger partial charge in [-0.25, -0.2) is 18.4 Å². The molecule has 0 aliphatic heterocycles. The highest BCUT2D eigenvalue weighted by atomic mass is 19.1. The molecular formula is C21H22F2N4O. The Morgan fingerprint density at radius 3 is 2.61 bits per heavy atom. The zero-order chi connectivity index (χ0) is 20.0. The number of benzene rings is 2. The zero-order valence-corrected chi connectivity index (χ0v) is 15.4. The summed E-state index contributed by atoms with van der Waals surface area (Å²) in [6.07, 6.45) is 4.51. The molecule has 0 bridgehead atoms. The molecule has 3 aromatic rings. The summed E-state index contributed by atoms with van der Waals surface area (Å²) < 4.78 is 29.4. The monoisotopic (exact) mass is 384 g/mol. The second kappa shape index (κ2) is 8.86. The first-order valence-electron chi connectivity index (χ1n) is 8.88. The summed E-state index contributed by atoms with van der Waals surface area (Å²) in [6, 6.07) is 12.9. The van der Waals surface area contributed by atoms with E-state index in [1.165, 1.54) is 23.4 Å². The maximum atomic E-state index is 14.6. The molecule has 1 aromatic heterocycles. The van der Waals surface area contributed by atoms with Crippen molar-refractivity contribution in [3.63, 3.8) is 0 Å². The molecule has 0 aliphatic rings. The Morgan fingerprint density at radius 2 is 1.96 bits per heavy atom. The largest absolute Gasteiger partial charge is 0.382 e. The third kappa shape index (κ3) is 4.88. The fourth-order valence-electron chi connectivity index (χ4n) is 3.25. The van der Waals surface area contributed by atoms with Crippen molar-refractivity contribution in [1.29, 1.82) is 0 Å². The van der Waals surface area contributed by atoms with E-state index in [4.69, 9.17) is 0 Å². The number of halogens is 2. The van der Waals surface area contributed by atoms with Gasteiger partial charge in [-0.05, 0) is 11.6 Å². The van der Waals surface area contributed by atoms with Crippen LogP contribution in [0.3, 0.4) is 0 Å². The first-order valence-corrected chi connectivity index (χ1v) is 8.88. The van der Waals surface area contributed by atoms with Crippen molar-refractivity contribution in [2.75, 3.05) is 13.1 Å². The minimum Gasteiger partial charge on any atom is -0.382 e. The van der Waals surface area contributed by atoms with Crippen LogP contribution in [0.15, 0.2) is 73.8 Å². The fraction of sp³-hybridized carbons (Fsp3) is 0.238. The molecular weight excluding hydrogens is 362 g/mol. The van der Waals surface area contributed by atoms with Gasteiger partial charge in [-0.1, -0.05) is 42.5 Å². The lowest BCUT2D eigenvalue weighted by Gasteiger charge is -2.34. The smallest absolute Gasteiger partial charge is 0.137 e. The van der Waals surface area contributed by atoms with Gasteiger partial charge in [0, 0.05) is 31.3 Å². The molecule has 0 saturated heterocycles. The summed E-state index contributed by atoms with van der Waals surface area (Å²) in [5.41, 5.74) is -0.595. The Labute approximate surface area is 162 Å². The molecule has 0 aliphatic carbocycles. The van der Waals surface area contributed by atoms with Gasteiger partial charge in [0.05, 0.1) is 6.54 Å². The molecule has 5 nitrogen and oxygen atoms in total. The Balaban J connectivity index is 1.93. The molecule has 0 fully saturated rings. The van der Waals surface area contributed by atoms with Crippen LogP contribution >= 0.6 is 0 Å². The number of aliphatic hydroxyl groups is 1. The predicted molar refractivity (Wildman–Crippen MR) is 102 cm³/mol. The minimum atomic E-state index is -1.65. The molecule has 0 amide bonds. The maximum absolute atomic E-state index is 14.6. The molecule has 0 radical (unpaired) electrons. The van der Waals surface area contributed by atoms with E-state index in [2.05, 4.69) is 16.7 Å². The molecule has 0 saturated carbocycles. The van der Waals surface area contributed by atoms with E-state index < -0.39 is 17.2 Å². The van der Waals surface area contributed by atoms with Gasteiger partial charge in [-0.2, -0.15) is 5.10 Å². The van der Waals surface area contributed by atoms with Crippen molar-refractivity contribution in [3.05, 3.63) is 96.6 Å². The summed E-state index contributed by atoms with van der Waals surface area (Å²) >= 11 is 0. The van der Waals surface area contributed by atoms with Crippen LogP contribution in [0.5, 0.6) is 0 Å². The molecule has 146 valence electrons. The summed E-state index contributed by atoms with van der Waals surface area (Å²) in [6.45, 7) is 4.86. The quantitative estimate of drug-likeness (QED) is 0.576. The van der Waals surface area contributed by atoms with Gasteiger partial charge < -0.3 is 5.11 Å². The highest BCUT2D eigenvalue weighted by Gasteiger charge is 2.35. The highest BCUT2D eigenvalue weighted by molar-refractivity contribution is 5.26. The van der Waals surface area contributed by atoms with E-state index in [1.54, 1.807) is 6.08 Å². The average molecular weight is 384 g/mol. The summed E-state index contributed by atoms with van der Waals surface area (Å²) in [4.78, 5) is 5.82. The lowest BCUT2D eigenvalue weighted by molar-refractivity contribution is -0.0210. The van der Waals surface area contributed by atoms with Gasteiger partial charge in [0.1, 0.15) is 29.9 Å². The highest BCUT2D eigenvalue weighted by Crippen LogP contribution is 2.28. The van der Waals surface area contributed by atoms with Crippen molar-refractivity contribution in [2.24, 2.45) is 0 Å². The molecule has 1 atom stereocenters. The van der Waals surface area contributed by atoms with Crippen molar-refractivity contribution in [3.8, 4) is 0 Å². The van der Waals surface area contributed by atoms with Crippen LogP contribution in [-0.4, -0.2) is 37.9 Å². The molecule has 1 N–H and O–H groups in total. The predicted octanol–water partition coefficient (Wildman–Crippen LogP) is 3.13. The Bertz CT molecular complexity index is 902. The van der Waals surface area contributed by atoms with Crippen molar-refractivity contribution < 1.29 is 13.9 Å². The van der Waals surface area contributed by atoms with Crippen LogP contribution in [0, 0.1) is 11.6 Å². The Kier molecular flexibility index (Phi) is 6.28. The van der Waals surface area contributed by atoms with Crippen molar-refractivity contribution in [2.45, 2.75) is 18.7 Å². The first-order chi connectivity index (χ1) is 13.5. The number of aromatic nitrogens is 3. The summed E-state index contributed by atoms with van der Waals surface area (Å²) in [5.74, 6) is -1.50.